The van der Waals surface area contributed by atoms with E-state index >= 15 is 0 Å². The molecule has 0 aromatic carbocycles. The van der Waals surface area contributed by atoms with E-state index in [0.717, 1.165) is 25.9 Å². The molecule has 2 aliphatic rings. The van der Waals surface area contributed by atoms with Crippen LogP contribution in [-0.4, -0.2) is 67.4 Å². The van der Waals surface area contributed by atoms with Crippen LogP contribution >= 0.6 is 0 Å². The lowest BCUT2D eigenvalue weighted by Crippen LogP contribution is -2.44. The average molecular weight is 475 g/mol. The van der Waals surface area contributed by atoms with Crippen LogP contribution in [0.4, 0.5) is 0 Å². The molecular weight excluding hydrogens is 428 g/mol. The number of carbonyl (C=O) groups is 1. The predicted octanol–water partition coefficient (Wildman–Crippen LogP) is 4.31. The van der Waals surface area contributed by atoms with Crippen molar-refractivity contribution < 1.29 is 34.0 Å². The number of ether oxygens (including phenoxy) is 2. The normalized spacial score (nSPS) is 30.4. The second-order valence-electron chi connectivity index (χ2n) is 11.2. The van der Waals surface area contributed by atoms with Crippen LogP contribution < -0.4 is 0 Å². The lowest BCUT2D eigenvalue weighted by molar-refractivity contribution is -0.198. The van der Waals surface area contributed by atoms with Crippen LogP contribution in [0.5, 0.6) is 0 Å². The lowest BCUT2D eigenvalue weighted by Gasteiger charge is -2.39. The van der Waals surface area contributed by atoms with Crippen molar-refractivity contribution in [2.24, 2.45) is 11.8 Å². The molecule has 1 saturated carbocycles. The maximum atomic E-state index is 10.9. The summed E-state index contributed by atoms with van der Waals surface area (Å²) in [5, 5.41) is 30.1. The first kappa shape index (κ1) is 27.7. The number of hydrogen-bond acceptors (Lipinski definition) is 6. The number of rotatable bonds is 12. The van der Waals surface area contributed by atoms with Crippen molar-refractivity contribution in [1.29, 1.82) is 0 Å². The zero-order chi connectivity index (χ0) is 23.9. The van der Waals surface area contributed by atoms with Crippen molar-refractivity contribution in [2.75, 3.05) is 13.2 Å². The molecule has 1 unspecified atom stereocenters. The smallest absolute Gasteiger partial charge is 0.303 e. The maximum Gasteiger partial charge on any atom is 0.303 e. The highest BCUT2D eigenvalue weighted by atomic mass is 28.4. The van der Waals surface area contributed by atoms with Gasteiger partial charge in [-0.25, -0.2) is 0 Å². The van der Waals surface area contributed by atoms with Gasteiger partial charge in [0.05, 0.1) is 18.3 Å². The van der Waals surface area contributed by atoms with E-state index in [2.05, 4.69) is 33.9 Å². The van der Waals surface area contributed by atoms with Crippen LogP contribution in [0, 0.1) is 11.8 Å². The first-order valence-corrected chi connectivity index (χ1v) is 15.3. The van der Waals surface area contributed by atoms with Gasteiger partial charge in [-0.1, -0.05) is 20.8 Å². The molecule has 7 nitrogen and oxygen atoms in total. The van der Waals surface area contributed by atoms with Crippen LogP contribution in [0.3, 0.4) is 0 Å². The molecule has 0 aromatic heterocycles. The molecule has 1 aliphatic carbocycles. The van der Waals surface area contributed by atoms with Crippen molar-refractivity contribution >= 4 is 14.3 Å². The van der Waals surface area contributed by atoms with E-state index in [0.29, 0.717) is 38.7 Å². The van der Waals surface area contributed by atoms with Gasteiger partial charge in [-0.2, -0.15) is 0 Å². The predicted molar refractivity (Wildman–Crippen MR) is 126 cm³/mol. The molecule has 2 fully saturated rings. The Bertz CT molecular complexity index is 571. The Morgan fingerprint density at radius 1 is 1.19 bits per heavy atom. The van der Waals surface area contributed by atoms with Crippen LogP contribution in [-0.2, 0) is 18.7 Å². The molecule has 188 valence electrons. The fourth-order valence-electron chi connectivity index (χ4n) is 4.50. The van der Waals surface area contributed by atoms with Gasteiger partial charge in [-0.3, -0.25) is 4.79 Å². The van der Waals surface area contributed by atoms with Gasteiger partial charge in [-0.05, 0) is 69.0 Å². The summed E-state index contributed by atoms with van der Waals surface area (Å²) in [6, 6.07) is 0. The molecule has 8 heteroatoms. The third kappa shape index (κ3) is 8.36. The van der Waals surface area contributed by atoms with Crippen LogP contribution in [0.2, 0.25) is 18.1 Å². The Hall–Kier alpha value is -0.513. The van der Waals surface area contributed by atoms with Crippen molar-refractivity contribution in [1.82, 2.24) is 0 Å². The Labute approximate surface area is 195 Å². The van der Waals surface area contributed by atoms with Crippen LogP contribution in [0.15, 0.2) is 0 Å². The van der Waals surface area contributed by atoms with Gasteiger partial charge in [-0.15, -0.1) is 0 Å². The minimum Gasteiger partial charge on any atom is -0.481 e. The quantitative estimate of drug-likeness (QED) is 0.362. The standard InChI is InChI=1S/C24H46O7Si/c1-24(2,3)32(4,5)30-16-19-18(13-12-17(25)9-8-10-22(27)28)20(26)15-21(19)31-23-11-6-7-14-29-23/h17-21,23,25-26H,6-16H2,1-5H3,(H,27,28)/t17-,18-,19-,20+,21-,23?/m1/s1. The molecule has 0 spiro atoms. The van der Waals surface area contributed by atoms with Gasteiger partial charge in [0.15, 0.2) is 14.6 Å². The van der Waals surface area contributed by atoms with Gasteiger partial charge in [0.25, 0.3) is 0 Å². The first-order chi connectivity index (χ1) is 14.9. The highest BCUT2D eigenvalue weighted by molar-refractivity contribution is 6.74. The van der Waals surface area contributed by atoms with Gasteiger partial charge in [0.1, 0.15) is 0 Å². The van der Waals surface area contributed by atoms with E-state index in [1.807, 2.05) is 0 Å². The second-order valence-corrected chi connectivity index (χ2v) is 16.0. The third-order valence-electron chi connectivity index (χ3n) is 7.66. The Balaban J connectivity index is 2.01. The molecule has 0 aromatic rings. The van der Waals surface area contributed by atoms with Crippen molar-refractivity contribution in [3.8, 4) is 0 Å². The maximum absolute atomic E-state index is 10.9. The molecular formula is C24H46O7Si. The van der Waals surface area contributed by atoms with Crippen molar-refractivity contribution in [3.63, 3.8) is 0 Å². The minimum absolute atomic E-state index is 0.0116. The van der Waals surface area contributed by atoms with E-state index in [1.54, 1.807) is 0 Å². The largest absolute Gasteiger partial charge is 0.481 e. The highest BCUT2D eigenvalue weighted by Crippen LogP contribution is 2.42. The van der Waals surface area contributed by atoms with E-state index in [4.69, 9.17) is 19.0 Å². The van der Waals surface area contributed by atoms with E-state index in [9.17, 15) is 15.0 Å². The summed E-state index contributed by atoms with van der Waals surface area (Å²) in [4.78, 5) is 10.7. The molecule has 1 saturated heterocycles. The van der Waals surface area contributed by atoms with Gasteiger partial charge < -0.3 is 29.2 Å². The minimum atomic E-state index is -1.95. The number of hydrogen-bond donors (Lipinski definition) is 3. The molecule has 1 heterocycles. The second kappa shape index (κ2) is 12.3. The molecule has 3 N–H and O–H groups in total. The van der Waals surface area contributed by atoms with Crippen LogP contribution in [0.1, 0.15) is 78.6 Å². The highest BCUT2D eigenvalue weighted by Gasteiger charge is 2.46. The van der Waals surface area contributed by atoms with Crippen molar-refractivity contribution in [3.05, 3.63) is 0 Å². The fourth-order valence-corrected chi connectivity index (χ4v) is 5.54. The van der Waals surface area contributed by atoms with Crippen molar-refractivity contribution in [2.45, 2.75) is 121 Å². The summed E-state index contributed by atoms with van der Waals surface area (Å²) in [7, 11) is -1.95. The van der Waals surface area contributed by atoms with Crippen LogP contribution in [0.25, 0.3) is 0 Å². The molecule has 2 rings (SSSR count). The summed E-state index contributed by atoms with van der Waals surface area (Å²) in [6.07, 6.45) is 4.45. The topological polar surface area (TPSA) is 105 Å². The third-order valence-corrected chi connectivity index (χ3v) is 12.2. The summed E-state index contributed by atoms with van der Waals surface area (Å²) in [5.41, 5.74) is 0. The monoisotopic (exact) mass is 474 g/mol. The zero-order valence-electron chi connectivity index (χ0n) is 20.7. The molecule has 1 aliphatic heterocycles. The number of carboxylic acids is 1. The van der Waals surface area contributed by atoms with E-state index < -0.39 is 26.5 Å². The first-order valence-electron chi connectivity index (χ1n) is 12.4. The number of aliphatic hydroxyl groups is 2. The summed E-state index contributed by atoms with van der Waals surface area (Å²) >= 11 is 0. The molecule has 0 radical (unpaired) electrons. The van der Waals surface area contributed by atoms with Gasteiger partial charge in [0, 0.05) is 32.0 Å². The molecule has 0 bridgehead atoms. The summed E-state index contributed by atoms with van der Waals surface area (Å²) < 4.78 is 18.7. The van der Waals surface area contributed by atoms with Gasteiger partial charge >= 0.3 is 5.97 Å². The number of carboxylic acid groups (broad SMARTS) is 1. The van der Waals surface area contributed by atoms with Gasteiger partial charge in [0.2, 0.25) is 0 Å². The van der Waals surface area contributed by atoms with E-state index in [-0.39, 0.29) is 35.7 Å². The summed E-state index contributed by atoms with van der Waals surface area (Å²) in [6.45, 7) is 12.4. The SMILES string of the molecule is CC(C)(C)[Si](C)(C)OC[C@@H]1[C@@H](CC[C@H](O)CCCC(=O)O)[C@@H](O)C[C@H]1OC1CCCCO1. The number of aliphatic carboxylic acids is 1. The van der Waals surface area contributed by atoms with E-state index in [1.165, 1.54) is 0 Å². The zero-order valence-corrected chi connectivity index (χ0v) is 21.7. The fraction of sp³-hybridized carbons (Fsp3) is 0.958. The Morgan fingerprint density at radius 3 is 2.50 bits per heavy atom. The average Bonchev–Trinajstić information content (AvgIpc) is 2.98. The number of aliphatic hydroxyl groups excluding tert-OH is 2. The molecule has 32 heavy (non-hydrogen) atoms. The summed E-state index contributed by atoms with van der Waals surface area (Å²) in [5.74, 6) is -0.797. The molecule has 0 amide bonds. The Morgan fingerprint density at radius 2 is 1.91 bits per heavy atom. The Kier molecular flexibility index (Phi) is 10.6. The molecule has 6 atom stereocenters. The lowest BCUT2D eigenvalue weighted by atomic mass is 9.88.